The number of carboxylic acid groups (broad SMARTS) is 1. The number of nitrogens with one attached hydrogen (secondary N) is 1. The average molecular weight is 461 g/mol. The van der Waals surface area contributed by atoms with Gasteiger partial charge in [-0.25, -0.2) is 9.69 Å². The second-order valence-corrected chi connectivity index (χ2v) is 8.07. The number of carboxylic acids is 1. The van der Waals surface area contributed by atoms with Crippen LogP contribution in [0.5, 0.6) is 5.75 Å². The summed E-state index contributed by atoms with van der Waals surface area (Å²) >= 11 is 7.35. The van der Waals surface area contributed by atoms with Gasteiger partial charge in [0, 0.05) is 29.2 Å². The van der Waals surface area contributed by atoms with Crippen LogP contribution in [0.3, 0.4) is 0 Å². The molecule has 0 bridgehead atoms. The molecule has 1 atom stereocenters. The van der Waals surface area contributed by atoms with Crippen LogP contribution in [-0.2, 0) is 19.2 Å². The van der Waals surface area contributed by atoms with Gasteiger partial charge >= 0.3 is 5.97 Å². The van der Waals surface area contributed by atoms with Gasteiger partial charge in [-0.2, -0.15) is 0 Å². The van der Waals surface area contributed by atoms with Gasteiger partial charge in [0.05, 0.1) is 23.1 Å². The van der Waals surface area contributed by atoms with Crippen LogP contribution in [0, 0.1) is 0 Å². The van der Waals surface area contributed by atoms with Gasteiger partial charge in [-0.3, -0.25) is 14.4 Å². The van der Waals surface area contributed by atoms with Crippen LogP contribution in [0.25, 0.3) is 0 Å². The Hall–Kier alpha value is -3.30. The minimum absolute atomic E-state index is 0.0472. The number of methoxy groups -OCH3 is 1. The van der Waals surface area contributed by atoms with Gasteiger partial charge < -0.3 is 15.2 Å². The van der Waals surface area contributed by atoms with Crippen LogP contribution in [0.15, 0.2) is 59.5 Å². The molecule has 1 heterocycles. The maximum atomic E-state index is 12.8. The molecule has 8 nitrogen and oxygen atoms in total. The van der Waals surface area contributed by atoms with Gasteiger partial charge in [-0.15, -0.1) is 11.8 Å². The van der Waals surface area contributed by atoms with Gasteiger partial charge in [0.2, 0.25) is 17.7 Å². The lowest BCUT2D eigenvalue weighted by atomic mass is 10.3. The second-order valence-electron chi connectivity index (χ2n) is 6.38. The van der Waals surface area contributed by atoms with Gasteiger partial charge in [0.25, 0.3) is 0 Å². The van der Waals surface area contributed by atoms with Crippen molar-refractivity contribution in [3.63, 3.8) is 0 Å². The zero-order chi connectivity index (χ0) is 22.5. The Morgan fingerprint density at radius 1 is 1.19 bits per heavy atom. The predicted octanol–water partition coefficient (Wildman–Crippen LogP) is 3.35. The van der Waals surface area contributed by atoms with Gasteiger partial charge in [-0.05, 0) is 42.5 Å². The Labute approximate surface area is 186 Å². The molecule has 3 rings (SSSR count). The molecule has 1 fully saturated rings. The number of thioether (sulfide) groups is 1. The molecule has 3 amide bonds. The van der Waals surface area contributed by atoms with Crippen LogP contribution in [0.4, 0.5) is 11.4 Å². The highest BCUT2D eigenvalue weighted by Crippen LogP contribution is 2.36. The summed E-state index contributed by atoms with van der Waals surface area (Å²) in [6.07, 6.45) is 1.70. The number of anilines is 2. The third-order valence-electron chi connectivity index (χ3n) is 4.28. The topological polar surface area (TPSA) is 113 Å². The quantitative estimate of drug-likeness (QED) is 0.481. The Morgan fingerprint density at radius 3 is 2.52 bits per heavy atom. The average Bonchev–Trinajstić information content (AvgIpc) is 3.00. The number of imide groups is 1. The minimum Gasteiger partial charge on any atom is -0.495 e. The van der Waals surface area contributed by atoms with E-state index in [9.17, 15) is 19.2 Å². The number of carbonyl (C=O) groups excluding carboxylic acids is 3. The number of rotatable bonds is 7. The summed E-state index contributed by atoms with van der Waals surface area (Å²) in [4.78, 5) is 49.2. The maximum Gasteiger partial charge on any atom is 0.328 e. The number of benzene rings is 2. The van der Waals surface area contributed by atoms with E-state index < -0.39 is 17.1 Å². The highest BCUT2D eigenvalue weighted by atomic mass is 35.5. The van der Waals surface area contributed by atoms with Crippen LogP contribution in [-0.4, -0.2) is 41.2 Å². The molecule has 0 aliphatic carbocycles. The zero-order valence-corrected chi connectivity index (χ0v) is 17.8. The van der Waals surface area contributed by atoms with Crippen molar-refractivity contribution < 1.29 is 29.0 Å². The van der Waals surface area contributed by atoms with E-state index in [2.05, 4.69) is 5.32 Å². The molecule has 0 spiro atoms. The third kappa shape index (κ3) is 5.44. The van der Waals surface area contributed by atoms with Crippen LogP contribution in [0.2, 0.25) is 5.02 Å². The Bertz CT molecular complexity index is 1070. The molecule has 0 saturated carbocycles. The summed E-state index contributed by atoms with van der Waals surface area (Å²) in [5.74, 6) is -2.01. The van der Waals surface area contributed by atoms with E-state index in [4.69, 9.17) is 21.4 Å². The van der Waals surface area contributed by atoms with E-state index in [1.807, 2.05) is 0 Å². The lowest BCUT2D eigenvalue weighted by Gasteiger charge is -2.16. The fourth-order valence-electron chi connectivity index (χ4n) is 2.87. The monoisotopic (exact) mass is 460 g/mol. The van der Waals surface area contributed by atoms with Gasteiger partial charge in [0.1, 0.15) is 5.75 Å². The first kappa shape index (κ1) is 22.4. The number of hydrogen-bond acceptors (Lipinski definition) is 6. The number of ether oxygens (including phenoxy) is 1. The Balaban J connectivity index is 1.66. The fraction of sp³-hybridized carbons (Fsp3) is 0.143. The fourth-order valence-corrected chi connectivity index (χ4v) is 4.18. The Kier molecular flexibility index (Phi) is 6.98. The summed E-state index contributed by atoms with van der Waals surface area (Å²) in [7, 11) is 1.48. The normalized spacial score (nSPS) is 16.1. The van der Waals surface area contributed by atoms with Crippen LogP contribution in [0.1, 0.15) is 6.42 Å². The number of aliphatic carboxylic acids is 1. The Morgan fingerprint density at radius 2 is 1.90 bits per heavy atom. The van der Waals surface area contributed by atoms with Crippen molar-refractivity contribution in [2.24, 2.45) is 0 Å². The lowest BCUT2D eigenvalue weighted by Crippen LogP contribution is -2.31. The van der Waals surface area contributed by atoms with E-state index in [0.29, 0.717) is 22.1 Å². The highest BCUT2D eigenvalue weighted by molar-refractivity contribution is 8.00. The molecule has 0 aromatic heterocycles. The summed E-state index contributed by atoms with van der Waals surface area (Å²) in [5, 5.41) is 10.8. The molecule has 0 unspecified atom stereocenters. The first-order valence-corrected chi connectivity index (χ1v) is 10.2. The molecule has 10 heteroatoms. The van der Waals surface area contributed by atoms with Crippen molar-refractivity contribution in [3.05, 3.63) is 59.6 Å². The van der Waals surface area contributed by atoms with Crippen molar-refractivity contribution >= 4 is 58.4 Å². The molecule has 0 radical (unpaired) electrons. The zero-order valence-electron chi connectivity index (χ0n) is 16.2. The molecular weight excluding hydrogens is 444 g/mol. The first-order chi connectivity index (χ1) is 14.8. The molecule has 160 valence electrons. The van der Waals surface area contributed by atoms with E-state index in [1.54, 1.807) is 36.4 Å². The maximum absolute atomic E-state index is 12.8. The van der Waals surface area contributed by atoms with Gasteiger partial charge in [0.15, 0.2) is 0 Å². The third-order valence-corrected chi connectivity index (χ3v) is 5.77. The molecule has 2 aromatic carbocycles. The van der Waals surface area contributed by atoms with Crippen LogP contribution >= 0.6 is 23.4 Å². The number of nitrogens with zero attached hydrogens (tertiary/aromatic N) is 1. The van der Waals surface area contributed by atoms with E-state index in [1.165, 1.54) is 24.9 Å². The molecule has 31 heavy (non-hydrogen) atoms. The van der Waals surface area contributed by atoms with Crippen molar-refractivity contribution in [1.29, 1.82) is 0 Å². The van der Waals surface area contributed by atoms with E-state index >= 15 is 0 Å². The summed E-state index contributed by atoms with van der Waals surface area (Å²) in [6.45, 7) is 0. The summed E-state index contributed by atoms with van der Waals surface area (Å²) < 4.78 is 5.09. The summed E-state index contributed by atoms with van der Waals surface area (Å²) in [5.41, 5.74) is 0.851. The largest absolute Gasteiger partial charge is 0.495 e. The molecule has 2 N–H and O–H groups in total. The second kappa shape index (κ2) is 9.67. The molecule has 1 aliphatic rings. The van der Waals surface area contributed by atoms with Crippen molar-refractivity contribution in [2.75, 3.05) is 17.3 Å². The number of halogens is 1. The standard InChI is InChI=1S/C21H17ClN2O6S/c1-30-16-7-4-13(10-15(16)22)24-19(26)11-17(21(24)29)31-14-5-2-12(3-6-14)23-18(25)8-9-20(27)28/h2-10,17H,11H2,1H3,(H,23,25)(H,27,28)/b9-8+/t17-/m1/s1. The molecule has 1 aliphatic heterocycles. The number of carbonyl (C=O) groups is 4. The highest BCUT2D eigenvalue weighted by Gasteiger charge is 2.40. The van der Waals surface area contributed by atoms with Crippen LogP contribution < -0.4 is 15.0 Å². The molecule has 2 aromatic rings. The van der Waals surface area contributed by atoms with E-state index in [-0.39, 0.29) is 18.2 Å². The van der Waals surface area contributed by atoms with Gasteiger partial charge in [-0.1, -0.05) is 11.6 Å². The smallest absolute Gasteiger partial charge is 0.328 e. The molecular formula is C21H17ClN2O6S. The van der Waals surface area contributed by atoms with Crippen molar-refractivity contribution in [2.45, 2.75) is 16.6 Å². The first-order valence-electron chi connectivity index (χ1n) is 8.97. The lowest BCUT2D eigenvalue weighted by molar-refractivity contribution is -0.131. The van der Waals surface area contributed by atoms with Crippen molar-refractivity contribution in [3.8, 4) is 5.75 Å². The number of hydrogen-bond donors (Lipinski definition) is 2. The van der Waals surface area contributed by atoms with Crippen molar-refractivity contribution in [1.82, 2.24) is 0 Å². The van der Waals surface area contributed by atoms with E-state index in [0.717, 1.165) is 21.9 Å². The number of amides is 3. The molecule has 1 saturated heterocycles. The minimum atomic E-state index is -1.22. The SMILES string of the molecule is COc1ccc(N2C(=O)C[C@@H](Sc3ccc(NC(=O)/C=C/C(=O)O)cc3)C2=O)cc1Cl. The summed E-state index contributed by atoms with van der Waals surface area (Å²) in [6, 6.07) is 11.4. The predicted molar refractivity (Wildman–Crippen MR) is 117 cm³/mol.